The van der Waals surface area contributed by atoms with Crippen LogP contribution < -0.4 is 11.1 Å². The summed E-state index contributed by atoms with van der Waals surface area (Å²) in [6, 6.07) is -1.18. The summed E-state index contributed by atoms with van der Waals surface area (Å²) in [4.78, 5) is 48.0. The average Bonchev–Trinajstić information content (AvgIpc) is 3.36. The van der Waals surface area contributed by atoms with Crippen LogP contribution >= 0.6 is 23.1 Å². The van der Waals surface area contributed by atoms with Crippen LogP contribution in [0.5, 0.6) is 0 Å². The van der Waals surface area contributed by atoms with E-state index in [1.54, 1.807) is 0 Å². The molecule has 0 saturated carbocycles. The molecular formula is C20H27N6O7S2+. The number of β-lactam (4-membered cyclic amide) rings is 1. The second-order valence-corrected chi connectivity index (χ2v) is 10.9. The molecule has 190 valence electrons. The average molecular weight is 528 g/mol. The molecule has 13 nitrogen and oxygen atoms in total. The number of aliphatic hydroxyl groups excluding tert-OH is 2. The van der Waals surface area contributed by atoms with Gasteiger partial charge in [0.1, 0.15) is 55.2 Å². The number of nitrogens with zero attached hydrogens (tertiary/aromatic N) is 4. The summed E-state index contributed by atoms with van der Waals surface area (Å²) in [5, 5.41) is 37.3. The number of hydrogen-bond acceptors (Lipinski definition) is 11. The second-order valence-electron chi connectivity index (χ2n) is 8.86. The summed E-state index contributed by atoms with van der Waals surface area (Å²) in [5.74, 6) is -2.17. The minimum absolute atomic E-state index is 0.111. The first-order valence-corrected chi connectivity index (χ1v) is 12.7. The van der Waals surface area contributed by atoms with E-state index in [9.17, 15) is 29.7 Å². The number of amides is 2. The lowest BCUT2D eigenvalue weighted by atomic mass is 10.0. The van der Waals surface area contributed by atoms with Crippen LogP contribution in [0, 0.1) is 0 Å². The number of aliphatic hydroxyl groups is 2. The van der Waals surface area contributed by atoms with Crippen molar-refractivity contribution >= 4 is 51.7 Å². The molecule has 0 aliphatic carbocycles. The molecule has 0 bridgehead atoms. The maximum atomic E-state index is 13.0. The Morgan fingerprint density at radius 1 is 1.46 bits per heavy atom. The van der Waals surface area contributed by atoms with Gasteiger partial charge in [-0.05, 0) is 0 Å². The molecule has 6 N–H and O–H groups in total. The predicted octanol–water partition coefficient (Wildman–Crippen LogP) is -1.61. The third-order valence-corrected chi connectivity index (χ3v) is 8.53. The molecule has 3 aliphatic heterocycles. The third-order valence-electron chi connectivity index (χ3n) is 6.51. The number of carbonyl (C=O) groups is 3. The van der Waals surface area contributed by atoms with E-state index in [2.05, 4.69) is 15.5 Å². The molecule has 1 aromatic rings. The van der Waals surface area contributed by atoms with Crippen molar-refractivity contribution in [3.05, 3.63) is 22.3 Å². The van der Waals surface area contributed by atoms with Crippen LogP contribution in [0.4, 0.5) is 5.13 Å². The molecular weight excluding hydrogens is 500 g/mol. The molecule has 2 amide bonds. The van der Waals surface area contributed by atoms with Crippen LogP contribution in [0.2, 0.25) is 0 Å². The number of thiazole rings is 1. The number of quaternary nitrogens is 1. The van der Waals surface area contributed by atoms with Gasteiger partial charge in [0.15, 0.2) is 10.8 Å². The first-order valence-electron chi connectivity index (χ1n) is 10.8. The number of nitrogens with two attached hydrogens (primary N) is 1. The highest BCUT2D eigenvalue weighted by Gasteiger charge is 2.55. The van der Waals surface area contributed by atoms with Crippen molar-refractivity contribution in [3.8, 4) is 0 Å². The highest BCUT2D eigenvalue weighted by Crippen LogP contribution is 2.41. The summed E-state index contributed by atoms with van der Waals surface area (Å²) in [5.41, 5.74) is 6.12. The van der Waals surface area contributed by atoms with E-state index in [0.717, 1.165) is 11.3 Å². The highest BCUT2D eigenvalue weighted by atomic mass is 32.2. The van der Waals surface area contributed by atoms with E-state index in [-0.39, 0.29) is 45.9 Å². The van der Waals surface area contributed by atoms with Crippen molar-refractivity contribution in [2.24, 2.45) is 5.16 Å². The topological polar surface area (TPSA) is 188 Å². The normalized spacial score (nSPS) is 30.7. The van der Waals surface area contributed by atoms with Crippen molar-refractivity contribution < 1.29 is 39.0 Å². The van der Waals surface area contributed by atoms with Gasteiger partial charge in [0, 0.05) is 23.1 Å². The molecule has 5 atom stereocenters. The number of aromatic nitrogens is 1. The molecule has 0 aromatic carbocycles. The number of carboxylic acids is 1. The fraction of sp³-hybridized carbons (Fsp3) is 0.550. The highest BCUT2D eigenvalue weighted by molar-refractivity contribution is 8.00. The van der Waals surface area contributed by atoms with Gasteiger partial charge in [-0.2, -0.15) is 0 Å². The standard InChI is InChI=1S/C20H26N6O7S2/c1-26(5-11(28)3-10(26)6-27)4-9-7-34-18-14(17(30)25(18)15(9)19(31)32)23-16(29)13(24-33-2)12-8-35-20(21)22-12/h8,10-11,14,18,27-28H,3-7H2,1-2H3,(H3-,21,22,23,29,31,32)/p+1/b24-13-/t10-,11+,14+,18+,26?/m0/s1. The van der Waals surface area contributed by atoms with Gasteiger partial charge in [-0.3, -0.25) is 14.5 Å². The number of anilines is 1. The number of aliphatic carboxylic acids is 1. The van der Waals surface area contributed by atoms with Crippen LogP contribution in [0.15, 0.2) is 21.8 Å². The molecule has 2 fully saturated rings. The zero-order valence-electron chi connectivity index (χ0n) is 19.1. The van der Waals surface area contributed by atoms with E-state index in [1.165, 1.54) is 29.2 Å². The van der Waals surface area contributed by atoms with Gasteiger partial charge in [0.2, 0.25) is 0 Å². The van der Waals surface area contributed by atoms with Crippen molar-refractivity contribution in [1.82, 2.24) is 15.2 Å². The Hall–Kier alpha value is -2.72. The van der Waals surface area contributed by atoms with Crippen LogP contribution in [0.1, 0.15) is 12.1 Å². The Bertz CT molecular complexity index is 1110. The largest absolute Gasteiger partial charge is 0.477 e. The summed E-state index contributed by atoms with van der Waals surface area (Å²) in [6.07, 6.45) is -0.165. The summed E-state index contributed by atoms with van der Waals surface area (Å²) < 4.78 is 0.283. The number of likely N-dealkylation sites (N-methyl/N-ethyl adjacent to an activating group) is 1. The Morgan fingerprint density at radius 3 is 2.80 bits per heavy atom. The van der Waals surface area contributed by atoms with Crippen LogP contribution in [-0.2, 0) is 19.2 Å². The lowest BCUT2D eigenvalue weighted by Gasteiger charge is -2.50. The van der Waals surface area contributed by atoms with Gasteiger partial charge in [-0.15, -0.1) is 23.1 Å². The Balaban J connectivity index is 1.53. The van der Waals surface area contributed by atoms with Gasteiger partial charge in [-0.25, -0.2) is 9.78 Å². The Morgan fingerprint density at radius 2 is 2.20 bits per heavy atom. The van der Waals surface area contributed by atoms with Crippen molar-refractivity contribution in [2.45, 2.75) is 30.0 Å². The van der Waals surface area contributed by atoms with Crippen LogP contribution in [-0.4, -0.2) is 116 Å². The van der Waals surface area contributed by atoms with Crippen molar-refractivity contribution in [2.75, 3.05) is 45.3 Å². The fourth-order valence-electron chi connectivity index (χ4n) is 4.88. The number of hydrogen-bond donors (Lipinski definition) is 5. The number of likely N-dealkylation sites (tertiary alicyclic amines) is 1. The van der Waals surface area contributed by atoms with E-state index in [1.807, 2.05) is 7.05 Å². The SMILES string of the molecule is CO/N=C(\C(=O)N[C@@H]1C(=O)N2C(C(=O)O)=C(C[N+]3(C)C[C@H](O)C[C@H]3CO)CS[C@H]12)c1csc(N)n1. The number of rotatable bonds is 8. The fourth-order valence-corrected chi connectivity index (χ4v) is 6.76. The summed E-state index contributed by atoms with van der Waals surface area (Å²) >= 11 is 2.46. The van der Waals surface area contributed by atoms with Crippen LogP contribution in [0.3, 0.4) is 0 Å². The molecule has 1 aromatic heterocycles. The molecule has 0 spiro atoms. The molecule has 2 saturated heterocycles. The Labute approximate surface area is 208 Å². The number of thioether (sulfide) groups is 1. The second kappa shape index (κ2) is 9.73. The monoisotopic (exact) mass is 527 g/mol. The number of nitrogen functional groups attached to an aromatic ring is 1. The van der Waals surface area contributed by atoms with Crippen molar-refractivity contribution in [1.29, 1.82) is 0 Å². The maximum absolute atomic E-state index is 13.0. The molecule has 35 heavy (non-hydrogen) atoms. The molecule has 3 aliphatic rings. The van der Waals surface area contributed by atoms with E-state index < -0.39 is 35.3 Å². The third kappa shape index (κ3) is 4.61. The molecule has 4 heterocycles. The van der Waals surface area contributed by atoms with Gasteiger partial charge < -0.3 is 35.7 Å². The number of nitrogens with one attached hydrogen (secondary N) is 1. The number of oxime groups is 1. The Kier molecular flexibility index (Phi) is 7.06. The minimum atomic E-state index is -1.24. The van der Waals surface area contributed by atoms with Crippen LogP contribution in [0.25, 0.3) is 0 Å². The van der Waals surface area contributed by atoms with Gasteiger partial charge in [0.25, 0.3) is 11.8 Å². The number of carboxylic acid groups (broad SMARTS) is 1. The van der Waals surface area contributed by atoms with Gasteiger partial charge >= 0.3 is 5.97 Å². The molecule has 4 rings (SSSR count). The summed E-state index contributed by atoms with van der Waals surface area (Å²) in [6.45, 7) is 0.525. The molecule has 1 unspecified atom stereocenters. The first-order chi connectivity index (χ1) is 16.6. The van der Waals surface area contributed by atoms with Gasteiger partial charge in [0.05, 0.1) is 13.7 Å². The quantitative estimate of drug-likeness (QED) is 0.114. The van der Waals surface area contributed by atoms with E-state index >= 15 is 0 Å². The van der Waals surface area contributed by atoms with Gasteiger partial charge in [-0.1, -0.05) is 5.16 Å². The number of fused-ring (bicyclic) bond motifs is 1. The zero-order valence-corrected chi connectivity index (χ0v) is 20.7. The predicted molar refractivity (Wildman–Crippen MR) is 127 cm³/mol. The van der Waals surface area contributed by atoms with E-state index in [4.69, 9.17) is 10.6 Å². The first kappa shape index (κ1) is 25.4. The van der Waals surface area contributed by atoms with Crippen molar-refractivity contribution in [3.63, 3.8) is 0 Å². The molecule has 0 radical (unpaired) electrons. The maximum Gasteiger partial charge on any atom is 0.352 e. The zero-order chi connectivity index (χ0) is 25.5. The summed E-state index contributed by atoms with van der Waals surface area (Å²) in [7, 11) is 3.13. The smallest absolute Gasteiger partial charge is 0.352 e. The lowest BCUT2D eigenvalue weighted by Crippen LogP contribution is -2.71. The molecule has 15 heteroatoms. The minimum Gasteiger partial charge on any atom is -0.477 e. The van der Waals surface area contributed by atoms with E-state index in [0.29, 0.717) is 24.3 Å². The number of carbonyl (C=O) groups excluding carboxylic acids is 2. The lowest BCUT2D eigenvalue weighted by molar-refractivity contribution is -0.918.